The molecule has 2 amide bonds. The maximum atomic E-state index is 13.0. The maximum Gasteiger partial charge on any atom is 0.243 e. The highest BCUT2D eigenvalue weighted by Crippen LogP contribution is 2.22. The smallest absolute Gasteiger partial charge is 0.243 e. The first kappa shape index (κ1) is 21.6. The third-order valence-corrected chi connectivity index (χ3v) is 6.14. The zero-order valence-corrected chi connectivity index (χ0v) is 17.3. The lowest BCUT2D eigenvalue weighted by Crippen LogP contribution is -2.53. The number of nitrogens with one attached hydrogen (secondary N) is 2. The second-order valence-corrected chi connectivity index (χ2v) is 8.30. The number of rotatable bonds is 7. The van der Waals surface area contributed by atoms with Crippen LogP contribution in [0.2, 0.25) is 0 Å². The third kappa shape index (κ3) is 5.48. The number of benzene rings is 1. The molecule has 1 aromatic rings. The zero-order valence-electron chi connectivity index (χ0n) is 17.3. The molecule has 1 aliphatic carbocycles. The standard InChI is InChI=1S/C22H34N4O3/c1-15(25-18-6-3-2-4-7-18)22(29)26-11-5-8-19(26)21(28)24-14-16-9-10-17(13-23)20(27)12-16/h9-10,12,15,18-19,25,27H,2-8,11,13-14,23H2,1H3,(H,24,28)/t15-,19+/m1/s1. The first-order chi connectivity index (χ1) is 14.0. The average molecular weight is 403 g/mol. The van der Waals surface area contributed by atoms with Crippen molar-refractivity contribution < 1.29 is 14.7 Å². The molecule has 7 heteroatoms. The molecule has 0 radical (unpaired) electrons. The van der Waals surface area contributed by atoms with E-state index in [4.69, 9.17) is 5.73 Å². The van der Waals surface area contributed by atoms with E-state index in [1.54, 1.807) is 17.0 Å². The Kier molecular flexibility index (Phi) is 7.50. The summed E-state index contributed by atoms with van der Waals surface area (Å²) < 4.78 is 0. The largest absolute Gasteiger partial charge is 0.508 e. The minimum absolute atomic E-state index is 0.0122. The summed E-state index contributed by atoms with van der Waals surface area (Å²) in [7, 11) is 0. The van der Waals surface area contributed by atoms with Gasteiger partial charge in [0, 0.05) is 31.2 Å². The molecule has 2 atom stereocenters. The summed E-state index contributed by atoms with van der Waals surface area (Å²) in [6.07, 6.45) is 7.48. The maximum absolute atomic E-state index is 13.0. The van der Waals surface area contributed by atoms with Crippen molar-refractivity contribution in [3.8, 4) is 5.75 Å². The van der Waals surface area contributed by atoms with Crippen LogP contribution in [0.3, 0.4) is 0 Å². The Hall–Kier alpha value is -2.12. The Labute approximate surface area is 173 Å². The zero-order chi connectivity index (χ0) is 20.8. The molecule has 1 aliphatic heterocycles. The minimum Gasteiger partial charge on any atom is -0.508 e. The van der Waals surface area contributed by atoms with E-state index < -0.39 is 6.04 Å². The first-order valence-corrected chi connectivity index (χ1v) is 10.8. The van der Waals surface area contributed by atoms with Crippen LogP contribution in [-0.2, 0) is 22.7 Å². The van der Waals surface area contributed by atoms with Gasteiger partial charge in [0.2, 0.25) is 11.8 Å². The number of nitrogens with zero attached hydrogens (tertiary/aromatic N) is 1. The van der Waals surface area contributed by atoms with E-state index in [0.29, 0.717) is 31.1 Å². The van der Waals surface area contributed by atoms with Gasteiger partial charge in [-0.05, 0) is 44.2 Å². The highest BCUT2D eigenvalue weighted by molar-refractivity contribution is 5.90. The molecule has 3 rings (SSSR count). The van der Waals surface area contributed by atoms with Crippen LogP contribution in [0, 0.1) is 0 Å². The van der Waals surface area contributed by atoms with Crippen LogP contribution in [0.4, 0.5) is 0 Å². The number of phenols is 1. The van der Waals surface area contributed by atoms with Gasteiger partial charge in [0.1, 0.15) is 11.8 Å². The molecule has 1 saturated heterocycles. The highest BCUT2D eigenvalue weighted by atomic mass is 16.3. The van der Waals surface area contributed by atoms with Gasteiger partial charge in [-0.15, -0.1) is 0 Å². The third-order valence-electron chi connectivity index (χ3n) is 6.14. The van der Waals surface area contributed by atoms with E-state index in [9.17, 15) is 14.7 Å². The first-order valence-electron chi connectivity index (χ1n) is 10.8. The van der Waals surface area contributed by atoms with Gasteiger partial charge >= 0.3 is 0 Å². The fourth-order valence-electron chi connectivity index (χ4n) is 4.44. The van der Waals surface area contributed by atoms with Crippen LogP contribution in [0.15, 0.2) is 18.2 Å². The molecular formula is C22H34N4O3. The van der Waals surface area contributed by atoms with Gasteiger partial charge in [0.15, 0.2) is 0 Å². The number of hydrogen-bond acceptors (Lipinski definition) is 5. The van der Waals surface area contributed by atoms with E-state index in [-0.39, 0.29) is 30.2 Å². The van der Waals surface area contributed by atoms with Crippen LogP contribution >= 0.6 is 0 Å². The lowest BCUT2D eigenvalue weighted by molar-refractivity contribution is -0.140. The van der Waals surface area contributed by atoms with Gasteiger partial charge in [-0.1, -0.05) is 31.4 Å². The Balaban J connectivity index is 1.54. The molecule has 29 heavy (non-hydrogen) atoms. The van der Waals surface area contributed by atoms with Crippen LogP contribution in [0.5, 0.6) is 5.75 Å². The van der Waals surface area contributed by atoms with E-state index >= 15 is 0 Å². The van der Waals surface area contributed by atoms with Gasteiger partial charge in [-0.3, -0.25) is 9.59 Å². The van der Waals surface area contributed by atoms with Crippen molar-refractivity contribution in [1.29, 1.82) is 0 Å². The SMILES string of the molecule is C[C@@H](NC1CCCCC1)C(=O)N1CCC[C@H]1C(=O)NCc1ccc(CN)c(O)c1. The number of likely N-dealkylation sites (tertiary alicyclic amines) is 1. The fourth-order valence-corrected chi connectivity index (χ4v) is 4.44. The van der Waals surface area contributed by atoms with Crippen molar-refractivity contribution in [1.82, 2.24) is 15.5 Å². The van der Waals surface area contributed by atoms with E-state index in [0.717, 1.165) is 24.8 Å². The van der Waals surface area contributed by atoms with E-state index in [1.807, 2.05) is 13.0 Å². The van der Waals surface area contributed by atoms with Crippen LogP contribution in [0.25, 0.3) is 0 Å². The number of phenolic OH excluding ortho intramolecular Hbond substituents is 1. The molecule has 7 nitrogen and oxygen atoms in total. The number of aromatic hydroxyl groups is 1. The predicted octanol–water partition coefficient (Wildman–Crippen LogP) is 1.77. The summed E-state index contributed by atoms with van der Waals surface area (Å²) in [5, 5.41) is 16.3. The summed E-state index contributed by atoms with van der Waals surface area (Å²) in [5.41, 5.74) is 7.04. The summed E-state index contributed by atoms with van der Waals surface area (Å²) in [4.78, 5) is 27.4. The summed E-state index contributed by atoms with van der Waals surface area (Å²) in [5.74, 6) is 0.0146. The molecule has 1 heterocycles. The minimum atomic E-state index is -0.421. The molecule has 0 spiro atoms. The second kappa shape index (κ2) is 10.1. The van der Waals surface area contributed by atoms with Crippen molar-refractivity contribution in [2.45, 2.75) is 83.1 Å². The number of carbonyl (C=O) groups excluding carboxylic acids is 2. The monoisotopic (exact) mass is 402 g/mol. The lowest BCUT2D eigenvalue weighted by atomic mass is 9.95. The van der Waals surface area contributed by atoms with Gasteiger partial charge in [0.05, 0.1) is 6.04 Å². The number of nitrogens with two attached hydrogens (primary N) is 1. The fraction of sp³-hybridized carbons (Fsp3) is 0.636. The average Bonchev–Trinajstić information content (AvgIpc) is 3.22. The van der Waals surface area contributed by atoms with Gasteiger partial charge in [0.25, 0.3) is 0 Å². The van der Waals surface area contributed by atoms with E-state index in [1.165, 1.54) is 19.3 Å². The molecule has 1 saturated carbocycles. The van der Waals surface area contributed by atoms with Crippen LogP contribution < -0.4 is 16.4 Å². The van der Waals surface area contributed by atoms with E-state index in [2.05, 4.69) is 10.6 Å². The summed E-state index contributed by atoms with van der Waals surface area (Å²) in [6, 6.07) is 4.94. The highest BCUT2D eigenvalue weighted by Gasteiger charge is 2.36. The number of carbonyl (C=O) groups is 2. The number of hydrogen-bond donors (Lipinski definition) is 4. The van der Waals surface area contributed by atoms with Gasteiger partial charge < -0.3 is 26.4 Å². The topological polar surface area (TPSA) is 108 Å². The molecular weight excluding hydrogens is 368 g/mol. The Morgan fingerprint density at radius 3 is 2.66 bits per heavy atom. The van der Waals surface area contributed by atoms with Crippen molar-refractivity contribution in [3.05, 3.63) is 29.3 Å². The van der Waals surface area contributed by atoms with Gasteiger partial charge in [-0.25, -0.2) is 0 Å². The molecule has 160 valence electrons. The molecule has 0 aromatic heterocycles. The van der Waals surface area contributed by atoms with Gasteiger partial charge in [-0.2, -0.15) is 0 Å². The van der Waals surface area contributed by atoms with Crippen molar-refractivity contribution in [3.63, 3.8) is 0 Å². The number of amides is 2. The normalized spacial score (nSPS) is 21.2. The quantitative estimate of drug-likeness (QED) is 0.556. The Morgan fingerprint density at radius 2 is 1.97 bits per heavy atom. The summed E-state index contributed by atoms with van der Waals surface area (Å²) >= 11 is 0. The lowest BCUT2D eigenvalue weighted by Gasteiger charge is -2.30. The van der Waals surface area contributed by atoms with Crippen LogP contribution in [-0.4, -0.2) is 46.5 Å². The Morgan fingerprint density at radius 1 is 1.21 bits per heavy atom. The molecule has 5 N–H and O–H groups in total. The molecule has 2 fully saturated rings. The second-order valence-electron chi connectivity index (χ2n) is 8.30. The van der Waals surface area contributed by atoms with Crippen molar-refractivity contribution in [2.24, 2.45) is 5.73 Å². The molecule has 0 unspecified atom stereocenters. The molecule has 1 aromatic carbocycles. The summed E-state index contributed by atoms with van der Waals surface area (Å²) in [6.45, 7) is 3.11. The van der Waals surface area contributed by atoms with Crippen LogP contribution in [0.1, 0.15) is 63.0 Å². The molecule has 0 bridgehead atoms. The predicted molar refractivity (Wildman–Crippen MR) is 112 cm³/mol. The Bertz CT molecular complexity index is 718. The van der Waals surface area contributed by atoms with Crippen molar-refractivity contribution in [2.75, 3.05) is 6.54 Å². The molecule has 2 aliphatic rings. The van der Waals surface area contributed by atoms with Crippen molar-refractivity contribution >= 4 is 11.8 Å².